The number of ether oxygens (including phenoxy) is 1. The van der Waals surface area contributed by atoms with Crippen LogP contribution in [0.1, 0.15) is 13.3 Å². The van der Waals surface area contributed by atoms with Gasteiger partial charge in [-0.25, -0.2) is 4.98 Å². The number of fused-ring (bicyclic) bond motifs is 1. The van der Waals surface area contributed by atoms with Gasteiger partial charge in [0.15, 0.2) is 0 Å². The first-order chi connectivity index (χ1) is 11.2. The Kier molecular flexibility index (Phi) is 4.52. The Hall–Kier alpha value is -2.47. The van der Waals surface area contributed by atoms with Crippen molar-refractivity contribution in [2.45, 2.75) is 19.9 Å². The highest BCUT2D eigenvalue weighted by Gasteiger charge is 2.12. The molecule has 5 nitrogen and oxygen atoms in total. The van der Waals surface area contributed by atoms with Crippen molar-refractivity contribution >= 4 is 27.5 Å². The van der Waals surface area contributed by atoms with E-state index in [1.54, 1.807) is 0 Å². The molecule has 0 bridgehead atoms. The highest BCUT2D eigenvalue weighted by Crippen LogP contribution is 2.30. The number of esters is 1. The summed E-state index contributed by atoms with van der Waals surface area (Å²) in [5.41, 5.74) is 0.825. The molecule has 0 aliphatic carbocycles. The van der Waals surface area contributed by atoms with Crippen LogP contribution in [0.3, 0.4) is 0 Å². The predicted octanol–water partition coefficient (Wildman–Crippen LogP) is 3.08. The standard InChI is InChI=1S/C17H16N2O3S/c1-2-8-22-15(20)10-19-11-18-16-13(17(19)21)9-14(23-16)12-6-4-3-5-7-12/h3-7,9,11H,2,8,10H2,1H3. The van der Waals surface area contributed by atoms with Gasteiger partial charge in [-0.15, -0.1) is 11.3 Å². The minimum atomic E-state index is -0.423. The normalized spacial score (nSPS) is 10.8. The second-order valence-electron chi connectivity index (χ2n) is 5.09. The van der Waals surface area contributed by atoms with E-state index in [9.17, 15) is 9.59 Å². The molecule has 2 aromatic heterocycles. The Morgan fingerprint density at radius 3 is 2.83 bits per heavy atom. The van der Waals surface area contributed by atoms with Crippen LogP contribution < -0.4 is 5.56 Å². The molecule has 118 valence electrons. The zero-order valence-electron chi connectivity index (χ0n) is 12.7. The monoisotopic (exact) mass is 328 g/mol. The van der Waals surface area contributed by atoms with Crippen molar-refractivity contribution in [2.24, 2.45) is 0 Å². The summed E-state index contributed by atoms with van der Waals surface area (Å²) in [5.74, 6) is -0.423. The fourth-order valence-electron chi connectivity index (χ4n) is 2.22. The van der Waals surface area contributed by atoms with Crippen molar-refractivity contribution < 1.29 is 9.53 Å². The molecular formula is C17H16N2O3S. The van der Waals surface area contributed by atoms with E-state index in [1.165, 1.54) is 22.2 Å². The lowest BCUT2D eigenvalue weighted by molar-refractivity contribution is -0.144. The average molecular weight is 328 g/mol. The van der Waals surface area contributed by atoms with E-state index in [1.807, 2.05) is 43.3 Å². The zero-order valence-corrected chi connectivity index (χ0v) is 13.5. The molecule has 23 heavy (non-hydrogen) atoms. The molecule has 0 amide bonds. The summed E-state index contributed by atoms with van der Waals surface area (Å²) in [6.07, 6.45) is 2.16. The Balaban J connectivity index is 1.93. The number of hydrogen-bond acceptors (Lipinski definition) is 5. The summed E-state index contributed by atoms with van der Waals surface area (Å²) in [7, 11) is 0. The van der Waals surface area contributed by atoms with Crippen molar-refractivity contribution in [2.75, 3.05) is 6.61 Å². The smallest absolute Gasteiger partial charge is 0.326 e. The van der Waals surface area contributed by atoms with Gasteiger partial charge in [-0.2, -0.15) is 0 Å². The maximum Gasteiger partial charge on any atom is 0.326 e. The first-order valence-corrected chi connectivity index (χ1v) is 8.20. The van der Waals surface area contributed by atoms with Gasteiger partial charge in [0.25, 0.3) is 5.56 Å². The molecule has 1 aromatic carbocycles. The molecule has 3 rings (SSSR count). The Labute approximate surface area is 137 Å². The molecule has 0 aliphatic heterocycles. The molecule has 0 spiro atoms. The molecule has 6 heteroatoms. The van der Waals surface area contributed by atoms with E-state index in [0.29, 0.717) is 16.8 Å². The SMILES string of the molecule is CCCOC(=O)Cn1cnc2sc(-c3ccccc3)cc2c1=O. The van der Waals surface area contributed by atoms with Crippen LogP contribution in [0.4, 0.5) is 0 Å². The number of aromatic nitrogens is 2. The van der Waals surface area contributed by atoms with Gasteiger partial charge in [-0.05, 0) is 18.1 Å². The number of nitrogens with zero attached hydrogens (tertiary/aromatic N) is 2. The molecule has 2 heterocycles. The lowest BCUT2D eigenvalue weighted by Crippen LogP contribution is -2.25. The highest BCUT2D eigenvalue weighted by molar-refractivity contribution is 7.21. The first-order valence-electron chi connectivity index (χ1n) is 7.39. The highest BCUT2D eigenvalue weighted by atomic mass is 32.1. The van der Waals surface area contributed by atoms with Gasteiger partial charge in [0, 0.05) is 4.88 Å². The van der Waals surface area contributed by atoms with E-state index in [2.05, 4.69) is 4.98 Å². The molecule has 0 saturated carbocycles. The van der Waals surface area contributed by atoms with E-state index in [0.717, 1.165) is 16.9 Å². The van der Waals surface area contributed by atoms with Crippen LogP contribution >= 0.6 is 11.3 Å². The molecule has 0 radical (unpaired) electrons. The van der Waals surface area contributed by atoms with E-state index in [4.69, 9.17) is 4.74 Å². The van der Waals surface area contributed by atoms with E-state index in [-0.39, 0.29) is 12.1 Å². The van der Waals surface area contributed by atoms with Crippen LogP contribution in [0.15, 0.2) is 47.5 Å². The summed E-state index contributed by atoms with van der Waals surface area (Å²) in [6.45, 7) is 2.17. The number of hydrogen-bond donors (Lipinski definition) is 0. The van der Waals surface area contributed by atoms with Crippen LogP contribution in [0.25, 0.3) is 20.7 Å². The summed E-state index contributed by atoms with van der Waals surface area (Å²) < 4.78 is 6.31. The molecule has 0 atom stereocenters. The number of benzene rings is 1. The molecular weight excluding hydrogens is 312 g/mol. The Morgan fingerprint density at radius 2 is 2.09 bits per heavy atom. The minimum absolute atomic E-state index is 0.113. The van der Waals surface area contributed by atoms with Crippen LogP contribution in [0.5, 0.6) is 0 Å². The minimum Gasteiger partial charge on any atom is -0.464 e. The maximum atomic E-state index is 12.5. The Bertz CT molecular complexity index is 884. The second-order valence-corrected chi connectivity index (χ2v) is 6.12. The summed E-state index contributed by atoms with van der Waals surface area (Å²) in [5, 5.41) is 0.527. The molecule has 0 N–H and O–H groups in total. The lowest BCUT2D eigenvalue weighted by atomic mass is 10.2. The quantitative estimate of drug-likeness (QED) is 0.675. The molecule has 0 aliphatic rings. The van der Waals surface area contributed by atoms with Crippen LogP contribution in [-0.2, 0) is 16.1 Å². The second kappa shape index (κ2) is 6.75. The predicted molar refractivity (Wildman–Crippen MR) is 90.6 cm³/mol. The third-order valence-corrected chi connectivity index (χ3v) is 4.44. The number of rotatable bonds is 5. The Morgan fingerprint density at radius 1 is 1.30 bits per heavy atom. The fourth-order valence-corrected chi connectivity index (χ4v) is 3.21. The van der Waals surface area contributed by atoms with Crippen molar-refractivity contribution in [3.63, 3.8) is 0 Å². The largest absolute Gasteiger partial charge is 0.464 e. The summed E-state index contributed by atoms with van der Waals surface area (Å²) in [6, 6.07) is 11.7. The summed E-state index contributed by atoms with van der Waals surface area (Å²) in [4.78, 5) is 30.1. The van der Waals surface area contributed by atoms with Gasteiger partial charge in [0.1, 0.15) is 11.4 Å². The summed E-state index contributed by atoms with van der Waals surface area (Å²) >= 11 is 1.47. The van der Waals surface area contributed by atoms with Gasteiger partial charge < -0.3 is 4.74 Å². The van der Waals surface area contributed by atoms with Crippen molar-refractivity contribution in [3.05, 3.63) is 53.1 Å². The van der Waals surface area contributed by atoms with E-state index < -0.39 is 5.97 Å². The van der Waals surface area contributed by atoms with E-state index >= 15 is 0 Å². The molecule has 0 unspecified atom stereocenters. The topological polar surface area (TPSA) is 61.2 Å². The maximum absolute atomic E-state index is 12.5. The van der Waals surface area contributed by atoms with Crippen molar-refractivity contribution in [1.82, 2.24) is 9.55 Å². The number of thiophene rings is 1. The van der Waals surface area contributed by atoms with Gasteiger partial charge >= 0.3 is 5.97 Å². The van der Waals surface area contributed by atoms with Crippen molar-refractivity contribution in [3.8, 4) is 10.4 Å². The van der Waals surface area contributed by atoms with Gasteiger partial charge in [-0.3, -0.25) is 14.2 Å². The van der Waals surface area contributed by atoms with Crippen LogP contribution in [-0.4, -0.2) is 22.1 Å². The van der Waals surface area contributed by atoms with Gasteiger partial charge in [0.05, 0.1) is 18.3 Å². The first kappa shape index (κ1) is 15.4. The van der Waals surface area contributed by atoms with Crippen LogP contribution in [0, 0.1) is 0 Å². The van der Waals surface area contributed by atoms with Gasteiger partial charge in [0.2, 0.25) is 0 Å². The average Bonchev–Trinajstić information content (AvgIpc) is 3.01. The number of carbonyl (C=O) groups excluding carboxylic acids is 1. The third kappa shape index (κ3) is 3.32. The molecule has 3 aromatic rings. The zero-order chi connectivity index (χ0) is 16.2. The molecule has 0 saturated heterocycles. The van der Waals surface area contributed by atoms with Crippen LogP contribution in [0.2, 0.25) is 0 Å². The third-order valence-electron chi connectivity index (χ3n) is 3.34. The molecule has 0 fully saturated rings. The van der Waals surface area contributed by atoms with Gasteiger partial charge in [-0.1, -0.05) is 37.3 Å². The van der Waals surface area contributed by atoms with Crippen molar-refractivity contribution in [1.29, 1.82) is 0 Å². The number of carbonyl (C=O) groups is 1. The fraction of sp³-hybridized carbons (Fsp3) is 0.235. The lowest BCUT2D eigenvalue weighted by Gasteiger charge is -2.05.